The van der Waals surface area contributed by atoms with E-state index in [1.165, 1.54) is 17.0 Å². The second-order valence-corrected chi connectivity index (χ2v) is 7.60. The van der Waals surface area contributed by atoms with Gasteiger partial charge in [0.25, 0.3) is 5.91 Å². The summed E-state index contributed by atoms with van der Waals surface area (Å²) in [5, 5.41) is 4.81. The third-order valence-corrected chi connectivity index (χ3v) is 5.33. The molecule has 1 heterocycles. The second-order valence-electron chi connectivity index (χ2n) is 7.60. The molecule has 5 nitrogen and oxygen atoms in total. The molecular formula is C23H22FN3O2. The van der Waals surface area contributed by atoms with Crippen molar-refractivity contribution in [1.29, 1.82) is 0 Å². The van der Waals surface area contributed by atoms with Crippen molar-refractivity contribution >= 4 is 22.7 Å². The number of halogens is 1. The first-order chi connectivity index (χ1) is 13.9. The molecule has 1 N–H and O–H groups in total. The molecule has 0 spiro atoms. The van der Waals surface area contributed by atoms with E-state index < -0.39 is 11.6 Å². The lowest BCUT2D eigenvalue weighted by Crippen LogP contribution is -2.43. The molecule has 1 atom stereocenters. The number of nitrogens with one attached hydrogen (secondary N) is 1. The van der Waals surface area contributed by atoms with Gasteiger partial charge in [-0.3, -0.25) is 9.69 Å². The van der Waals surface area contributed by atoms with E-state index in [0.29, 0.717) is 6.54 Å². The summed E-state index contributed by atoms with van der Waals surface area (Å²) in [5.41, 5.74) is 0.401. The third-order valence-electron chi connectivity index (χ3n) is 5.33. The topological polar surface area (TPSA) is 52.6 Å². The molecule has 0 aromatic heterocycles. The molecule has 6 heteroatoms. The van der Waals surface area contributed by atoms with Crippen LogP contribution in [0.4, 0.5) is 9.18 Å². The van der Waals surface area contributed by atoms with E-state index in [4.69, 9.17) is 0 Å². The van der Waals surface area contributed by atoms with E-state index in [2.05, 4.69) is 5.32 Å². The fraction of sp³-hybridized carbons (Fsp3) is 0.217. The molecule has 1 aliphatic rings. The summed E-state index contributed by atoms with van der Waals surface area (Å²) >= 11 is 0. The van der Waals surface area contributed by atoms with Crippen LogP contribution in [0.5, 0.6) is 0 Å². The Morgan fingerprint density at radius 3 is 2.55 bits per heavy atom. The molecule has 29 heavy (non-hydrogen) atoms. The van der Waals surface area contributed by atoms with E-state index >= 15 is 0 Å². The van der Waals surface area contributed by atoms with Gasteiger partial charge in [0.05, 0.1) is 6.67 Å². The van der Waals surface area contributed by atoms with Crippen LogP contribution < -0.4 is 5.32 Å². The molecular weight excluding hydrogens is 369 g/mol. The number of nitrogens with zero attached hydrogens (tertiary/aromatic N) is 2. The number of rotatable bonds is 5. The number of fused-ring (bicyclic) bond motifs is 1. The van der Waals surface area contributed by atoms with E-state index in [1.807, 2.05) is 48.5 Å². The highest BCUT2D eigenvalue weighted by molar-refractivity contribution is 6.09. The Labute approximate surface area is 168 Å². The van der Waals surface area contributed by atoms with Gasteiger partial charge in [0.15, 0.2) is 0 Å². The summed E-state index contributed by atoms with van der Waals surface area (Å²) in [6, 6.07) is 19.4. The summed E-state index contributed by atoms with van der Waals surface area (Å²) in [6.45, 7) is 2.27. The Kier molecular flexibility index (Phi) is 4.80. The van der Waals surface area contributed by atoms with Crippen molar-refractivity contribution in [2.24, 2.45) is 0 Å². The minimum atomic E-state index is -1.14. The van der Waals surface area contributed by atoms with Crippen molar-refractivity contribution < 1.29 is 14.0 Å². The molecule has 1 aliphatic heterocycles. The normalized spacial score (nSPS) is 19.2. The predicted molar refractivity (Wildman–Crippen MR) is 109 cm³/mol. The van der Waals surface area contributed by atoms with Gasteiger partial charge >= 0.3 is 6.03 Å². The molecule has 0 unspecified atom stereocenters. The van der Waals surface area contributed by atoms with Crippen molar-refractivity contribution in [2.75, 3.05) is 13.7 Å². The SMILES string of the molecule is CN(Cc1cccc(F)c1)CN1C(=O)N[C@@](C)(c2cccc3ccccc23)C1=O. The monoisotopic (exact) mass is 391 g/mol. The first kappa shape index (κ1) is 19.1. The quantitative estimate of drug-likeness (QED) is 0.673. The molecule has 1 saturated heterocycles. The van der Waals surface area contributed by atoms with Gasteiger partial charge in [-0.05, 0) is 48.0 Å². The molecule has 0 aliphatic carbocycles. The Morgan fingerprint density at radius 2 is 1.76 bits per heavy atom. The smallest absolute Gasteiger partial charge is 0.319 e. The minimum Gasteiger partial charge on any atom is -0.319 e. The lowest BCUT2D eigenvalue weighted by Gasteiger charge is -2.25. The Morgan fingerprint density at radius 1 is 1.03 bits per heavy atom. The number of urea groups is 1. The zero-order chi connectivity index (χ0) is 20.6. The molecule has 3 aromatic rings. The van der Waals surface area contributed by atoms with Gasteiger partial charge in [-0.25, -0.2) is 14.1 Å². The zero-order valence-electron chi connectivity index (χ0n) is 16.4. The van der Waals surface area contributed by atoms with E-state index in [9.17, 15) is 14.0 Å². The van der Waals surface area contributed by atoms with Crippen LogP contribution in [-0.4, -0.2) is 35.5 Å². The highest BCUT2D eigenvalue weighted by atomic mass is 19.1. The number of amides is 3. The van der Waals surface area contributed by atoms with Crippen LogP contribution in [0, 0.1) is 5.82 Å². The van der Waals surface area contributed by atoms with E-state index in [1.54, 1.807) is 24.9 Å². The standard InChI is InChI=1S/C23H22FN3O2/c1-23(20-12-6-9-17-8-3-4-11-19(17)20)21(28)27(22(29)25-23)15-26(2)14-16-7-5-10-18(24)13-16/h3-13H,14-15H2,1-2H3,(H,25,29)/t23-/m0/s1. The Balaban J connectivity index is 1.58. The van der Waals surface area contributed by atoms with Crippen molar-refractivity contribution in [3.63, 3.8) is 0 Å². The van der Waals surface area contributed by atoms with Crippen LogP contribution in [0.15, 0.2) is 66.7 Å². The molecule has 0 bridgehead atoms. The fourth-order valence-electron chi connectivity index (χ4n) is 3.91. The van der Waals surface area contributed by atoms with Crippen molar-refractivity contribution in [3.05, 3.63) is 83.7 Å². The van der Waals surface area contributed by atoms with Crippen LogP contribution in [0.2, 0.25) is 0 Å². The molecule has 3 amide bonds. The number of hydrogen-bond donors (Lipinski definition) is 1. The molecule has 1 fully saturated rings. The van der Waals surface area contributed by atoms with Crippen LogP contribution in [0.25, 0.3) is 10.8 Å². The highest BCUT2D eigenvalue weighted by Crippen LogP contribution is 2.33. The third kappa shape index (κ3) is 3.47. The van der Waals surface area contributed by atoms with E-state index in [0.717, 1.165) is 21.9 Å². The summed E-state index contributed by atoms with van der Waals surface area (Å²) in [4.78, 5) is 29.0. The van der Waals surface area contributed by atoms with Crippen molar-refractivity contribution in [1.82, 2.24) is 15.1 Å². The van der Waals surface area contributed by atoms with Gasteiger partial charge in [-0.2, -0.15) is 0 Å². The van der Waals surface area contributed by atoms with E-state index in [-0.39, 0.29) is 18.4 Å². The molecule has 0 saturated carbocycles. The maximum absolute atomic E-state index is 13.4. The molecule has 0 radical (unpaired) electrons. The number of benzene rings is 3. The number of carbonyl (C=O) groups is 2. The maximum atomic E-state index is 13.4. The lowest BCUT2D eigenvalue weighted by molar-refractivity contribution is -0.132. The van der Waals surface area contributed by atoms with Gasteiger partial charge in [-0.15, -0.1) is 0 Å². The maximum Gasteiger partial charge on any atom is 0.326 e. The second kappa shape index (κ2) is 7.29. The average Bonchev–Trinajstić information content (AvgIpc) is 2.91. The Bertz CT molecular complexity index is 1090. The zero-order valence-corrected chi connectivity index (χ0v) is 16.4. The summed E-state index contributed by atoms with van der Waals surface area (Å²) in [5.74, 6) is -0.612. The fourth-order valence-corrected chi connectivity index (χ4v) is 3.91. The van der Waals surface area contributed by atoms with Gasteiger partial charge in [0, 0.05) is 6.54 Å². The first-order valence-electron chi connectivity index (χ1n) is 9.44. The van der Waals surface area contributed by atoms with Crippen molar-refractivity contribution in [2.45, 2.75) is 19.0 Å². The minimum absolute atomic E-state index is 0.113. The average molecular weight is 391 g/mol. The van der Waals surface area contributed by atoms with Gasteiger partial charge < -0.3 is 5.32 Å². The molecule has 3 aromatic carbocycles. The highest BCUT2D eigenvalue weighted by Gasteiger charge is 2.49. The first-order valence-corrected chi connectivity index (χ1v) is 9.44. The van der Waals surface area contributed by atoms with Crippen molar-refractivity contribution in [3.8, 4) is 0 Å². The van der Waals surface area contributed by atoms with Crippen LogP contribution >= 0.6 is 0 Å². The summed E-state index contributed by atoms with van der Waals surface area (Å²) < 4.78 is 13.4. The van der Waals surface area contributed by atoms with Gasteiger partial charge in [-0.1, -0.05) is 54.6 Å². The van der Waals surface area contributed by atoms with Gasteiger partial charge in [0.2, 0.25) is 0 Å². The van der Waals surface area contributed by atoms with Gasteiger partial charge in [0.1, 0.15) is 11.4 Å². The molecule has 148 valence electrons. The summed E-state index contributed by atoms with van der Waals surface area (Å²) in [6.07, 6.45) is 0. The number of imide groups is 1. The van der Waals surface area contributed by atoms with Crippen LogP contribution in [0.3, 0.4) is 0 Å². The predicted octanol–water partition coefficient (Wildman–Crippen LogP) is 3.84. The van der Waals surface area contributed by atoms with Crippen LogP contribution in [-0.2, 0) is 16.9 Å². The largest absolute Gasteiger partial charge is 0.326 e. The number of hydrogen-bond acceptors (Lipinski definition) is 3. The Hall–Kier alpha value is -3.25. The lowest BCUT2D eigenvalue weighted by atomic mass is 9.88. The molecule has 4 rings (SSSR count). The number of carbonyl (C=O) groups excluding carboxylic acids is 2. The summed E-state index contributed by atoms with van der Waals surface area (Å²) in [7, 11) is 1.79. The van der Waals surface area contributed by atoms with Crippen LogP contribution in [0.1, 0.15) is 18.1 Å².